The lowest BCUT2D eigenvalue weighted by atomic mass is 10.0. The molecule has 1 amide bonds. The highest BCUT2D eigenvalue weighted by Gasteiger charge is 2.22. The number of nitrogens with one attached hydrogen (secondary N) is 1. The SMILES string of the molecule is Cc1cnc(-c2nc(N3CCC(NC(=O)CO)CC3)ccc2Cl)c(C)c1. The molecule has 3 rings (SSSR count). The molecular weight excluding hydrogens is 352 g/mol. The Hall–Kier alpha value is -2.18. The summed E-state index contributed by atoms with van der Waals surface area (Å²) in [5, 5.41) is 12.3. The van der Waals surface area contributed by atoms with Crippen molar-refractivity contribution >= 4 is 23.3 Å². The van der Waals surface area contributed by atoms with E-state index in [2.05, 4.69) is 21.3 Å². The zero-order chi connectivity index (χ0) is 18.7. The van der Waals surface area contributed by atoms with Gasteiger partial charge >= 0.3 is 0 Å². The number of hydrogen-bond acceptors (Lipinski definition) is 5. The van der Waals surface area contributed by atoms with Crippen molar-refractivity contribution in [2.75, 3.05) is 24.6 Å². The summed E-state index contributed by atoms with van der Waals surface area (Å²) in [6.07, 6.45) is 3.45. The molecule has 0 aliphatic carbocycles. The Balaban J connectivity index is 1.77. The van der Waals surface area contributed by atoms with Crippen molar-refractivity contribution in [3.05, 3.63) is 40.5 Å². The topological polar surface area (TPSA) is 78.4 Å². The van der Waals surface area contributed by atoms with Crippen LogP contribution in [0.25, 0.3) is 11.4 Å². The molecular formula is C19H23ClN4O2. The number of aryl methyl sites for hydroxylation is 2. The van der Waals surface area contributed by atoms with Crippen LogP contribution in [-0.2, 0) is 4.79 Å². The number of aliphatic hydroxyl groups excluding tert-OH is 1. The first-order valence-corrected chi connectivity index (χ1v) is 9.11. The monoisotopic (exact) mass is 374 g/mol. The van der Waals surface area contributed by atoms with Gasteiger partial charge in [-0.3, -0.25) is 9.78 Å². The quantitative estimate of drug-likeness (QED) is 0.859. The molecule has 26 heavy (non-hydrogen) atoms. The molecule has 0 bridgehead atoms. The summed E-state index contributed by atoms with van der Waals surface area (Å²) in [5.41, 5.74) is 3.64. The normalized spacial score (nSPS) is 15.2. The van der Waals surface area contributed by atoms with Crippen LogP contribution in [0.2, 0.25) is 5.02 Å². The van der Waals surface area contributed by atoms with Crippen molar-refractivity contribution in [1.82, 2.24) is 15.3 Å². The van der Waals surface area contributed by atoms with E-state index in [1.165, 1.54) is 0 Å². The Kier molecular flexibility index (Phi) is 5.74. The number of hydrogen-bond donors (Lipinski definition) is 2. The fraction of sp³-hybridized carbons (Fsp3) is 0.421. The summed E-state index contributed by atoms with van der Waals surface area (Å²) >= 11 is 6.39. The fourth-order valence-corrected chi connectivity index (χ4v) is 3.46. The first-order chi connectivity index (χ1) is 12.5. The zero-order valence-electron chi connectivity index (χ0n) is 15.0. The van der Waals surface area contributed by atoms with Crippen LogP contribution in [0.5, 0.6) is 0 Å². The van der Waals surface area contributed by atoms with Crippen LogP contribution in [0.15, 0.2) is 24.4 Å². The molecule has 2 aromatic heterocycles. The molecule has 138 valence electrons. The van der Waals surface area contributed by atoms with E-state index in [1.807, 2.05) is 32.2 Å². The summed E-state index contributed by atoms with van der Waals surface area (Å²) in [6, 6.07) is 5.95. The van der Waals surface area contributed by atoms with Gasteiger partial charge in [0.15, 0.2) is 0 Å². The Bertz CT molecular complexity index is 804. The van der Waals surface area contributed by atoms with Crippen molar-refractivity contribution in [1.29, 1.82) is 0 Å². The minimum atomic E-state index is -0.467. The molecule has 1 aliphatic heterocycles. The third kappa shape index (κ3) is 4.14. The number of amides is 1. The van der Waals surface area contributed by atoms with Gasteiger partial charge in [0.1, 0.15) is 18.1 Å². The smallest absolute Gasteiger partial charge is 0.245 e. The molecule has 1 aliphatic rings. The van der Waals surface area contributed by atoms with Gasteiger partial charge in [0.05, 0.1) is 10.7 Å². The molecule has 0 saturated carbocycles. The third-order valence-corrected chi connectivity index (χ3v) is 4.90. The number of carbonyl (C=O) groups excluding carboxylic acids is 1. The lowest BCUT2D eigenvalue weighted by molar-refractivity contribution is -0.124. The van der Waals surface area contributed by atoms with Gasteiger partial charge < -0.3 is 15.3 Å². The Morgan fingerprint density at radius 2 is 2.04 bits per heavy atom. The van der Waals surface area contributed by atoms with Gasteiger partial charge in [-0.15, -0.1) is 0 Å². The van der Waals surface area contributed by atoms with Gasteiger partial charge in [-0.05, 0) is 49.9 Å². The van der Waals surface area contributed by atoms with Crippen LogP contribution in [0, 0.1) is 13.8 Å². The number of aromatic nitrogens is 2. The molecule has 0 atom stereocenters. The summed E-state index contributed by atoms with van der Waals surface area (Å²) in [4.78, 5) is 22.8. The van der Waals surface area contributed by atoms with Gasteiger partial charge in [0, 0.05) is 25.3 Å². The molecule has 0 unspecified atom stereocenters. The maximum Gasteiger partial charge on any atom is 0.245 e. The lowest BCUT2D eigenvalue weighted by Crippen LogP contribution is -2.45. The van der Waals surface area contributed by atoms with Gasteiger partial charge in [-0.25, -0.2) is 4.98 Å². The number of aliphatic hydroxyl groups is 1. The largest absolute Gasteiger partial charge is 0.387 e. The molecule has 0 aromatic carbocycles. The van der Waals surface area contributed by atoms with Gasteiger partial charge in [0.2, 0.25) is 5.91 Å². The van der Waals surface area contributed by atoms with E-state index in [0.29, 0.717) is 10.7 Å². The van der Waals surface area contributed by atoms with Crippen LogP contribution in [0.1, 0.15) is 24.0 Å². The number of piperidine rings is 1. The highest BCUT2D eigenvalue weighted by atomic mass is 35.5. The number of carbonyl (C=O) groups is 1. The second-order valence-corrected chi connectivity index (χ2v) is 7.07. The first kappa shape index (κ1) is 18.6. The summed E-state index contributed by atoms with van der Waals surface area (Å²) < 4.78 is 0. The van der Waals surface area contributed by atoms with E-state index in [1.54, 1.807) is 0 Å². The number of anilines is 1. The average molecular weight is 375 g/mol. The van der Waals surface area contributed by atoms with Crippen molar-refractivity contribution in [2.24, 2.45) is 0 Å². The van der Waals surface area contributed by atoms with Crippen molar-refractivity contribution in [2.45, 2.75) is 32.7 Å². The van der Waals surface area contributed by atoms with Gasteiger partial charge in [-0.2, -0.15) is 0 Å². The molecule has 7 heteroatoms. The summed E-state index contributed by atoms with van der Waals surface area (Å²) in [5.74, 6) is 0.536. The number of nitrogens with zero attached hydrogens (tertiary/aromatic N) is 3. The minimum absolute atomic E-state index is 0.0960. The number of pyridine rings is 2. The minimum Gasteiger partial charge on any atom is -0.387 e. The predicted molar refractivity (Wildman–Crippen MR) is 102 cm³/mol. The Labute approximate surface area is 158 Å². The number of halogens is 1. The molecule has 1 fully saturated rings. The van der Waals surface area contributed by atoms with Crippen molar-refractivity contribution in [3.63, 3.8) is 0 Å². The Morgan fingerprint density at radius 3 is 2.69 bits per heavy atom. The summed E-state index contributed by atoms with van der Waals surface area (Å²) in [7, 11) is 0. The summed E-state index contributed by atoms with van der Waals surface area (Å²) in [6.45, 7) is 5.12. The maximum atomic E-state index is 11.3. The van der Waals surface area contributed by atoms with Crippen LogP contribution in [-0.4, -0.2) is 46.7 Å². The van der Waals surface area contributed by atoms with E-state index in [9.17, 15) is 4.79 Å². The molecule has 3 heterocycles. The maximum absolute atomic E-state index is 11.3. The predicted octanol–water partition coefficient (Wildman–Crippen LogP) is 2.49. The molecule has 2 N–H and O–H groups in total. The second-order valence-electron chi connectivity index (χ2n) is 6.67. The average Bonchev–Trinajstić information content (AvgIpc) is 2.63. The van der Waals surface area contributed by atoms with E-state index >= 15 is 0 Å². The lowest BCUT2D eigenvalue weighted by Gasteiger charge is -2.33. The highest BCUT2D eigenvalue weighted by molar-refractivity contribution is 6.33. The van der Waals surface area contributed by atoms with E-state index in [0.717, 1.165) is 48.6 Å². The van der Waals surface area contributed by atoms with Crippen LogP contribution >= 0.6 is 11.6 Å². The molecule has 0 spiro atoms. The zero-order valence-corrected chi connectivity index (χ0v) is 15.8. The van der Waals surface area contributed by atoms with Crippen LogP contribution in [0.3, 0.4) is 0 Å². The first-order valence-electron chi connectivity index (χ1n) is 8.73. The van der Waals surface area contributed by atoms with Gasteiger partial charge in [0.25, 0.3) is 0 Å². The molecule has 1 saturated heterocycles. The van der Waals surface area contributed by atoms with E-state index in [-0.39, 0.29) is 11.9 Å². The van der Waals surface area contributed by atoms with Crippen LogP contribution < -0.4 is 10.2 Å². The molecule has 6 nitrogen and oxygen atoms in total. The molecule has 2 aromatic rings. The molecule has 0 radical (unpaired) electrons. The van der Waals surface area contributed by atoms with E-state index in [4.69, 9.17) is 21.7 Å². The fourth-order valence-electron chi connectivity index (χ4n) is 3.26. The van der Waals surface area contributed by atoms with Crippen molar-refractivity contribution < 1.29 is 9.90 Å². The number of rotatable bonds is 4. The third-order valence-electron chi connectivity index (χ3n) is 4.60. The van der Waals surface area contributed by atoms with Gasteiger partial charge in [-0.1, -0.05) is 17.7 Å². The van der Waals surface area contributed by atoms with Crippen molar-refractivity contribution in [3.8, 4) is 11.4 Å². The van der Waals surface area contributed by atoms with Crippen LogP contribution in [0.4, 0.5) is 5.82 Å². The highest BCUT2D eigenvalue weighted by Crippen LogP contribution is 2.30. The standard InChI is InChI=1S/C19H23ClN4O2/c1-12-9-13(2)18(21-10-12)19-15(20)3-4-16(23-19)24-7-5-14(6-8-24)22-17(26)11-25/h3-4,9-10,14,25H,5-8,11H2,1-2H3,(H,22,26). The Morgan fingerprint density at radius 1 is 1.31 bits per heavy atom. The second kappa shape index (κ2) is 8.01. The van der Waals surface area contributed by atoms with E-state index < -0.39 is 6.61 Å².